The van der Waals surface area contributed by atoms with E-state index in [0.29, 0.717) is 0 Å². The van der Waals surface area contributed by atoms with Crippen molar-refractivity contribution in [1.82, 2.24) is 4.47 Å². The number of hydrogen-bond acceptors (Lipinski definition) is 5. The molecule has 6 nitrogen and oxygen atoms in total. The molecule has 128 valence electrons. The van der Waals surface area contributed by atoms with E-state index in [1.807, 2.05) is 24.3 Å². The lowest BCUT2D eigenvalue weighted by molar-refractivity contribution is -0.0258. The van der Waals surface area contributed by atoms with Crippen LogP contribution in [0.5, 0.6) is 0 Å². The van der Waals surface area contributed by atoms with Crippen LogP contribution in [0.1, 0.15) is 15.9 Å². The number of halogens is 1. The lowest BCUT2D eigenvalue weighted by atomic mass is 10.2. The van der Waals surface area contributed by atoms with Gasteiger partial charge in [0, 0.05) is 17.1 Å². The van der Waals surface area contributed by atoms with Crippen molar-refractivity contribution in [1.29, 1.82) is 0 Å². The fourth-order valence-corrected chi connectivity index (χ4v) is 3.22. The molecule has 0 heterocycles. The molecule has 0 saturated carbocycles. The first-order valence-electron chi connectivity index (χ1n) is 6.90. The van der Waals surface area contributed by atoms with Crippen molar-refractivity contribution in [2.45, 2.75) is 11.5 Å². The van der Waals surface area contributed by atoms with Crippen LogP contribution in [0.4, 0.5) is 0 Å². The summed E-state index contributed by atoms with van der Waals surface area (Å²) in [5, 5.41) is 0. The second kappa shape index (κ2) is 7.89. The van der Waals surface area contributed by atoms with Crippen LogP contribution in [-0.4, -0.2) is 33.0 Å². The number of hydrogen-bond donors (Lipinski definition) is 0. The third kappa shape index (κ3) is 4.21. The molecule has 2 rings (SSSR count). The maximum absolute atomic E-state index is 12.1. The van der Waals surface area contributed by atoms with Gasteiger partial charge in [-0.05, 0) is 30.3 Å². The van der Waals surface area contributed by atoms with Crippen molar-refractivity contribution in [3.05, 3.63) is 64.1 Å². The molecular formula is C16H16BrNO5S. The Kier molecular flexibility index (Phi) is 6.11. The van der Waals surface area contributed by atoms with E-state index < -0.39 is 16.0 Å². The topological polar surface area (TPSA) is 72.9 Å². The van der Waals surface area contributed by atoms with Crippen LogP contribution in [-0.2, 0) is 26.2 Å². The number of carbonyl (C=O) groups excluding carboxylic acids is 1. The van der Waals surface area contributed by atoms with Gasteiger partial charge in [0.2, 0.25) is 0 Å². The standard InChI is InChI=1S/C16H16BrNO5S/c1-18(22-2)24(20,21)14-9-7-12(8-10-14)16(19)23-11-13-5-3-4-6-15(13)17/h3-10H,11H2,1-2H3. The van der Waals surface area contributed by atoms with E-state index in [9.17, 15) is 13.2 Å². The molecule has 0 aliphatic carbocycles. The molecule has 24 heavy (non-hydrogen) atoms. The molecule has 0 N–H and O–H groups in total. The van der Waals surface area contributed by atoms with Crippen molar-refractivity contribution in [3.63, 3.8) is 0 Å². The summed E-state index contributed by atoms with van der Waals surface area (Å²) in [6, 6.07) is 12.9. The van der Waals surface area contributed by atoms with Gasteiger partial charge in [-0.15, -0.1) is 0 Å². The summed E-state index contributed by atoms with van der Waals surface area (Å²) in [7, 11) is -1.20. The summed E-state index contributed by atoms with van der Waals surface area (Å²) in [5.74, 6) is -0.533. The monoisotopic (exact) mass is 413 g/mol. The van der Waals surface area contributed by atoms with Crippen molar-refractivity contribution in [2.75, 3.05) is 14.2 Å². The summed E-state index contributed by atoms with van der Waals surface area (Å²) in [6.45, 7) is 0.118. The number of esters is 1. The summed E-state index contributed by atoms with van der Waals surface area (Å²) < 4.78 is 31.0. The van der Waals surface area contributed by atoms with Crippen LogP contribution >= 0.6 is 15.9 Å². The Labute approximate surface area is 149 Å². The van der Waals surface area contributed by atoms with Gasteiger partial charge in [0.1, 0.15) is 6.61 Å². The first-order chi connectivity index (χ1) is 11.4. The first kappa shape index (κ1) is 18.6. The molecule has 2 aromatic carbocycles. The SMILES string of the molecule is CON(C)S(=O)(=O)c1ccc(C(=O)OCc2ccccc2Br)cc1. The number of hydroxylamine groups is 1. The molecule has 2 aromatic rings. The van der Waals surface area contributed by atoms with Gasteiger partial charge < -0.3 is 4.74 Å². The Bertz CT molecular complexity index is 821. The van der Waals surface area contributed by atoms with Crippen molar-refractivity contribution in [3.8, 4) is 0 Å². The predicted molar refractivity (Wildman–Crippen MR) is 91.7 cm³/mol. The second-order valence-corrected chi connectivity index (χ2v) is 7.58. The van der Waals surface area contributed by atoms with Gasteiger partial charge in [-0.3, -0.25) is 4.84 Å². The third-order valence-electron chi connectivity index (χ3n) is 3.30. The summed E-state index contributed by atoms with van der Waals surface area (Å²) in [4.78, 5) is 16.8. The summed E-state index contributed by atoms with van der Waals surface area (Å²) >= 11 is 3.38. The fraction of sp³-hybridized carbons (Fsp3) is 0.188. The largest absolute Gasteiger partial charge is 0.457 e. The quantitative estimate of drug-likeness (QED) is 0.537. The Morgan fingerprint density at radius 3 is 2.33 bits per heavy atom. The molecule has 0 spiro atoms. The Morgan fingerprint density at radius 2 is 1.75 bits per heavy atom. The van der Waals surface area contributed by atoms with Gasteiger partial charge in [0.05, 0.1) is 17.6 Å². The first-order valence-corrected chi connectivity index (χ1v) is 9.13. The van der Waals surface area contributed by atoms with E-state index >= 15 is 0 Å². The zero-order valence-corrected chi connectivity index (χ0v) is 15.5. The molecule has 0 atom stereocenters. The number of benzene rings is 2. The van der Waals surface area contributed by atoms with Crippen LogP contribution in [0.3, 0.4) is 0 Å². The van der Waals surface area contributed by atoms with Crippen molar-refractivity contribution < 1.29 is 22.8 Å². The molecule has 0 bridgehead atoms. The molecule has 0 aliphatic heterocycles. The highest BCUT2D eigenvalue weighted by Gasteiger charge is 2.21. The van der Waals surface area contributed by atoms with Gasteiger partial charge in [0.15, 0.2) is 0 Å². The highest BCUT2D eigenvalue weighted by Crippen LogP contribution is 2.18. The Morgan fingerprint density at radius 1 is 1.12 bits per heavy atom. The minimum Gasteiger partial charge on any atom is -0.457 e. The average molecular weight is 414 g/mol. The number of nitrogens with zero attached hydrogens (tertiary/aromatic N) is 1. The molecule has 0 amide bonds. The van der Waals surface area contributed by atoms with Gasteiger partial charge >= 0.3 is 5.97 Å². The minimum absolute atomic E-state index is 0.0224. The van der Waals surface area contributed by atoms with E-state index in [1.165, 1.54) is 38.4 Å². The maximum Gasteiger partial charge on any atom is 0.338 e. The molecule has 0 aliphatic rings. The lowest BCUT2D eigenvalue weighted by Gasteiger charge is -2.14. The maximum atomic E-state index is 12.1. The smallest absolute Gasteiger partial charge is 0.338 e. The fourth-order valence-electron chi connectivity index (χ4n) is 1.85. The third-order valence-corrected chi connectivity index (χ3v) is 5.77. The van der Waals surface area contributed by atoms with Crippen molar-refractivity contribution >= 4 is 31.9 Å². The number of sulfonamides is 1. The van der Waals surface area contributed by atoms with E-state index in [-0.39, 0.29) is 17.1 Å². The van der Waals surface area contributed by atoms with Crippen LogP contribution in [0, 0.1) is 0 Å². The Hall–Kier alpha value is -1.74. The lowest BCUT2D eigenvalue weighted by Crippen LogP contribution is -2.25. The van der Waals surface area contributed by atoms with E-state index in [4.69, 9.17) is 9.57 Å². The van der Waals surface area contributed by atoms with Crippen molar-refractivity contribution in [2.24, 2.45) is 0 Å². The summed E-state index contributed by atoms with van der Waals surface area (Å²) in [5.41, 5.74) is 1.10. The second-order valence-electron chi connectivity index (χ2n) is 4.79. The Balaban J connectivity index is 2.08. The number of carbonyl (C=O) groups is 1. The highest BCUT2D eigenvalue weighted by atomic mass is 79.9. The number of rotatable bonds is 6. The van der Waals surface area contributed by atoms with Crippen LogP contribution in [0.25, 0.3) is 0 Å². The molecule has 0 aromatic heterocycles. The molecule has 0 fully saturated rings. The predicted octanol–water partition coefficient (Wildman–Crippen LogP) is 2.99. The normalized spacial score (nSPS) is 11.5. The zero-order chi connectivity index (χ0) is 17.7. The van der Waals surface area contributed by atoms with E-state index in [2.05, 4.69) is 15.9 Å². The highest BCUT2D eigenvalue weighted by molar-refractivity contribution is 9.10. The van der Waals surface area contributed by atoms with E-state index in [0.717, 1.165) is 14.5 Å². The minimum atomic E-state index is -3.74. The summed E-state index contributed by atoms with van der Waals surface area (Å²) in [6.07, 6.45) is 0. The molecule has 0 saturated heterocycles. The van der Waals surface area contributed by atoms with Gasteiger partial charge in [-0.25, -0.2) is 13.2 Å². The van der Waals surface area contributed by atoms with Crippen LogP contribution in [0.15, 0.2) is 57.9 Å². The molecule has 0 radical (unpaired) electrons. The van der Waals surface area contributed by atoms with Gasteiger partial charge in [-0.1, -0.05) is 38.6 Å². The van der Waals surface area contributed by atoms with Crippen LogP contribution in [0.2, 0.25) is 0 Å². The average Bonchev–Trinajstić information content (AvgIpc) is 2.60. The van der Waals surface area contributed by atoms with Gasteiger partial charge in [0.25, 0.3) is 10.0 Å². The van der Waals surface area contributed by atoms with E-state index in [1.54, 1.807) is 0 Å². The molecular weight excluding hydrogens is 398 g/mol. The van der Waals surface area contributed by atoms with Crippen LogP contribution < -0.4 is 0 Å². The molecule has 8 heteroatoms. The number of ether oxygens (including phenoxy) is 1. The van der Waals surface area contributed by atoms with Gasteiger partial charge in [-0.2, -0.15) is 0 Å². The molecule has 0 unspecified atom stereocenters. The zero-order valence-electron chi connectivity index (χ0n) is 13.1.